The Morgan fingerprint density at radius 1 is 1.44 bits per heavy atom. The van der Waals surface area contributed by atoms with Crippen LogP contribution in [0.25, 0.3) is 0 Å². The van der Waals surface area contributed by atoms with Gasteiger partial charge in [0.15, 0.2) is 0 Å². The fourth-order valence-electron chi connectivity index (χ4n) is 1.40. The number of hydrogen-bond acceptors (Lipinski definition) is 5. The van der Waals surface area contributed by atoms with Crippen molar-refractivity contribution in [3.05, 3.63) is 41.9 Å². The second-order valence-electron chi connectivity index (χ2n) is 3.61. The monoisotopic (exact) mass is 246 g/mol. The molecule has 0 spiro atoms. The van der Waals surface area contributed by atoms with Gasteiger partial charge in [-0.25, -0.2) is 9.78 Å². The Hall–Kier alpha value is -2.37. The van der Waals surface area contributed by atoms with Gasteiger partial charge in [-0.05, 0) is 19.1 Å². The third kappa shape index (κ3) is 3.07. The number of esters is 1. The van der Waals surface area contributed by atoms with Crippen LogP contribution >= 0.6 is 0 Å². The van der Waals surface area contributed by atoms with E-state index in [2.05, 4.69) is 20.5 Å². The van der Waals surface area contributed by atoms with Crippen molar-refractivity contribution >= 4 is 11.8 Å². The summed E-state index contributed by atoms with van der Waals surface area (Å²) in [6.45, 7) is 2.76. The number of aromatic amines is 1. The van der Waals surface area contributed by atoms with Crippen LogP contribution in [0.5, 0.6) is 0 Å². The summed E-state index contributed by atoms with van der Waals surface area (Å²) in [5.41, 5.74) is 1.48. The lowest BCUT2D eigenvalue weighted by Crippen LogP contribution is -2.06. The van der Waals surface area contributed by atoms with E-state index in [-0.39, 0.29) is 5.97 Å². The van der Waals surface area contributed by atoms with Crippen LogP contribution in [0.2, 0.25) is 0 Å². The maximum atomic E-state index is 11.4. The Balaban J connectivity index is 1.93. The summed E-state index contributed by atoms with van der Waals surface area (Å²) < 4.78 is 4.87. The highest BCUT2D eigenvalue weighted by Gasteiger charge is 2.06. The van der Waals surface area contributed by atoms with Crippen LogP contribution < -0.4 is 5.32 Å². The van der Waals surface area contributed by atoms with E-state index in [9.17, 15) is 4.79 Å². The molecule has 94 valence electrons. The molecule has 0 aliphatic carbocycles. The molecule has 2 N–H and O–H groups in total. The van der Waals surface area contributed by atoms with Crippen LogP contribution in [0, 0.1) is 0 Å². The first-order chi connectivity index (χ1) is 8.79. The minimum atomic E-state index is -0.355. The van der Waals surface area contributed by atoms with Gasteiger partial charge >= 0.3 is 5.97 Å². The fraction of sp³-hybridized carbons (Fsp3) is 0.250. The predicted octanol–water partition coefficient (Wildman–Crippen LogP) is 1.59. The molecule has 0 bridgehead atoms. The quantitative estimate of drug-likeness (QED) is 0.783. The molecule has 2 rings (SSSR count). The first-order valence-corrected chi connectivity index (χ1v) is 5.64. The SMILES string of the molecule is CCOC(=O)c1ccc(NCc2cn[nH]c2)nc1. The molecule has 0 unspecified atom stereocenters. The Bertz CT molecular complexity index is 493. The maximum absolute atomic E-state index is 11.4. The first kappa shape index (κ1) is 12.1. The average molecular weight is 246 g/mol. The molecule has 6 heteroatoms. The number of pyridine rings is 1. The highest BCUT2D eigenvalue weighted by Crippen LogP contribution is 2.08. The molecule has 2 heterocycles. The summed E-state index contributed by atoms with van der Waals surface area (Å²) >= 11 is 0. The Kier molecular flexibility index (Phi) is 3.90. The molecule has 18 heavy (non-hydrogen) atoms. The number of H-pyrrole nitrogens is 1. The van der Waals surface area contributed by atoms with Crippen molar-refractivity contribution in [1.29, 1.82) is 0 Å². The third-order valence-electron chi connectivity index (χ3n) is 2.30. The van der Waals surface area contributed by atoms with Gasteiger partial charge in [0.2, 0.25) is 0 Å². The molecule has 0 saturated heterocycles. The zero-order chi connectivity index (χ0) is 12.8. The van der Waals surface area contributed by atoms with Crippen molar-refractivity contribution in [3.8, 4) is 0 Å². The number of carbonyl (C=O) groups is 1. The van der Waals surface area contributed by atoms with Gasteiger partial charge in [-0.15, -0.1) is 0 Å². The normalized spacial score (nSPS) is 10.1. The van der Waals surface area contributed by atoms with Crippen molar-refractivity contribution in [2.75, 3.05) is 11.9 Å². The van der Waals surface area contributed by atoms with E-state index in [1.807, 2.05) is 0 Å². The van der Waals surface area contributed by atoms with Gasteiger partial charge in [0.1, 0.15) is 5.82 Å². The summed E-state index contributed by atoms with van der Waals surface area (Å²) in [4.78, 5) is 15.5. The number of nitrogens with one attached hydrogen (secondary N) is 2. The molecule has 0 aliphatic heterocycles. The van der Waals surface area contributed by atoms with E-state index in [0.29, 0.717) is 24.5 Å². The molecular weight excluding hydrogens is 232 g/mol. The number of ether oxygens (including phenoxy) is 1. The third-order valence-corrected chi connectivity index (χ3v) is 2.30. The minimum Gasteiger partial charge on any atom is -0.462 e. The lowest BCUT2D eigenvalue weighted by molar-refractivity contribution is 0.0526. The number of aromatic nitrogens is 3. The minimum absolute atomic E-state index is 0.355. The van der Waals surface area contributed by atoms with Crippen LogP contribution in [0.1, 0.15) is 22.8 Å². The predicted molar refractivity (Wildman–Crippen MR) is 66.1 cm³/mol. The maximum Gasteiger partial charge on any atom is 0.339 e. The zero-order valence-corrected chi connectivity index (χ0v) is 10.0. The van der Waals surface area contributed by atoms with E-state index in [1.54, 1.807) is 31.5 Å². The Labute approximate surface area is 104 Å². The van der Waals surface area contributed by atoms with E-state index in [1.165, 1.54) is 6.20 Å². The molecule has 0 amide bonds. The van der Waals surface area contributed by atoms with Crippen LogP contribution in [0.15, 0.2) is 30.7 Å². The van der Waals surface area contributed by atoms with Crippen LogP contribution in [0.3, 0.4) is 0 Å². The van der Waals surface area contributed by atoms with Crippen molar-refractivity contribution in [2.45, 2.75) is 13.5 Å². The summed E-state index contributed by atoms with van der Waals surface area (Å²) in [6, 6.07) is 3.43. The van der Waals surface area contributed by atoms with E-state index in [4.69, 9.17) is 4.74 Å². The van der Waals surface area contributed by atoms with Gasteiger partial charge in [0.25, 0.3) is 0 Å². The molecule has 2 aromatic heterocycles. The van der Waals surface area contributed by atoms with Crippen LogP contribution in [-0.2, 0) is 11.3 Å². The standard InChI is InChI=1S/C12H14N4O2/c1-2-18-12(17)10-3-4-11(14-8-10)13-5-9-6-15-16-7-9/h3-4,6-8H,2,5H2,1H3,(H,13,14)(H,15,16). The molecule has 6 nitrogen and oxygen atoms in total. The molecule has 2 aromatic rings. The highest BCUT2D eigenvalue weighted by molar-refractivity contribution is 5.89. The van der Waals surface area contributed by atoms with Gasteiger partial charge in [0, 0.05) is 24.5 Å². The molecule has 0 atom stereocenters. The summed E-state index contributed by atoms with van der Waals surface area (Å²) in [5.74, 6) is 0.343. The second-order valence-corrected chi connectivity index (χ2v) is 3.61. The molecule has 0 aromatic carbocycles. The number of hydrogen-bond donors (Lipinski definition) is 2. The van der Waals surface area contributed by atoms with Gasteiger partial charge < -0.3 is 10.1 Å². The lowest BCUT2D eigenvalue weighted by Gasteiger charge is -2.05. The first-order valence-electron chi connectivity index (χ1n) is 5.64. The summed E-state index contributed by atoms with van der Waals surface area (Å²) in [7, 11) is 0. The van der Waals surface area contributed by atoms with E-state index in [0.717, 1.165) is 5.56 Å². The van der Waals surface area contributed by atoms with Gasteiger partial charge in [0.05, 0.1) is 18.4 Å². The Morgan fingerprint density at radius 3 is 2.94 bits per heavy atom. The second kappa shape index (κ2) is 5.81. The fourth-order valence-corrected chi connectivity index (χ4v) is 1.40. The molecule has 0 radical (unpaired) electrons. The number of carbonyl (C=O) groups excluding carboxylic acids is 1. The number of nitrogens with zero attached hydrogens (tertiary/aromatic N) is 2. The van der Waals surface area contributed by atoms with Gasteiger partial charge in [-0.1, -0.05) is 0 Å². The Morgan fingerprint density at radius 2 is 2.33 bits per heavy atom. The smallest absolute Gasteiger partial charge is 0.339 e. The highest BCUT2D eigenvalue weighted by atomic mass is 16.5. The molecule has 0 fully saturated rings. The summed E-state index contributed by atoms with van der Waals surface area (Å²) in [6.07, 6.45) is 5.04. The van der Waals surface area contributed by atoms with Crippen LogP contribution in [0.4, 0.5) is 5.82 Å². The molecule has 0 saturated carbocycles. The van der Waals surface area contributed by atoms with Crippen molar-refractivity contribution in [3.63, 3.8) is 0 Å². The van der Waals surface area contributed by atoms with Crippen molar-refractivity contribution in [2.24, 2.45) is 0 Å². The average Bonchev–Trinajstić information content (AvgIpc) is 2.90. The van der Waals surface area contributed by atoms with Gasteiger partial charge in [-0.2, -0.15) is 5.10 Å². The molecule has 0 aliphatic rings. The van der Waals surface area contributed by atoms with Crippen molar-refractivity contribution in [1.82, 2.24) is 15.2 Å². The zero-order valence-electron chi connectivity index (χ0n) is 10.0. The van der Waals surface area contributed by atoms with E-state index < -0.39 is 0 Å². The van der Waals surface area contributed by atoms with Crippen molar-refractivity contribution < 1.29 is 9.53 Å². The van der Waals surface area contributed by atoms with E-state index >= 15 is 0 Å². The number of anilines is 1. The largest absolute Gasteiger partial charge is 0.462 e. The number of rotatable bonds is 5. The lowest BCUT2D eigenvalue weighted by atomic mass is 10.3. The summed E-state index contributed by atoms with van der Waals surface area (Å²) in [5, 5.41) is 9.70. The van der Waals surface area contributed by atoms with Gasteiger partial charge in [-0.3, -0.25) is 5.10 Å². The molecular formula is C12H14N4O2. The van der Waals surface area contributed by atoms with Crippen LogP contribution in [-0.4, -0.2) is 27.8 Å². The topological polar surface area (TPSA) is 79.9 Å².